The Balaban J connectivity index is 0.00000176. The Labute approximate surface area is 136 Å². The fourth-order valence-corrected chi connectivity index (χ4v) is 2.39. The molecule has 0 atom stereocenters. The zero-order valence-electron chi connectivity index (χ0n) is 12.9. The molecule has 0 aliphatic heterocycles. The lowest BCUT2D eigenvalue weighted by atomic mass is 10.1. The summed E-state index contributed by atoms with van der Waals surface area (Å²) in [5, 5.41) is 4.54. The second-order valence-electron chi connectivity index (χ2n) is 5.20. The third-order valence-electron chi connectivity index (χ3n) is 3.53. The predicted molar refractivity (Wildman–Crippen MR) is 94.7 cm³/mol. The van der Waals surface area contributed by atoms with Gasteiger partial charge in [-0.25, -0.2) is 4.98 Å². The minimum atomic E-state index is 0. The second-order valence-corrected chi connectivity index (χ2v) is 5.20. The van der Waals surface area contributed by atoms with Gasteiger partial charge in [-0.15, -0.1) is 12.4 Å². The summed E-state index contributed by atoms with van der Waals surface area (Å²) >= 11 is 0. The Morgan fingerprint density at radius 2 is 1.68 bits per heavy atom. The van der Waals surface area contributed by atoms with Gasteiger partial charge in [0.25, 0.3) is 0 Å². The molecule has 0 aliphatic carbocycles. The normalized spacial score (nSPS) is 10.1. The van der Waals surface area contributed by atoms with Crippen molar-refractivity contribution in [2.24, 2.45) is 0 Å². The lowest BCUT2D eigenvalue weighted by molar-refractivity contribution is 0.415. The topological polar surface area (TPSA) is 34.1 Å². The minimum absolute atomic E-state index is 0. The van der Waals surface area contributed by atoms with Crippen molar-refractivity contribution in [3.8, 4) is 5.75 Å². The first-order valence-electron chi connectivity index (χ1n) is 6.95. The highest BCUT2D eigenvalue weighted by molar-refractivity contribution is 5.85. The number of nitrogens with one attached hydrogen (secondary N) is 1. The zero-order chi connectivity index (χ0) is 14.8. The van der Waals surface area contributed by atoms with E-state index >= 15 is 0 Å². The summed E-state index contributed by atoms with van der Waals surface area (Å²) in [6.07, 6.45) is 0. The molecular weight excluding hydrogens is 296 g/mol. The van der Waals surface area contributed by atoms with Crippen LogP contribution in [0.3, 0.4) is 0 Å². The molecular formula is C18H19ClN2O. The summed E-state index contributed by atoms with van der Waals surface area (Å²) in [4.78, 5) is 4.67. The van der Waals surface area contributed by atoms with E-state index in [9.17, 15) is 0 Å². The number of aryl methyl sites for hydroxylation is 2. The Kier molecular flexibility index (Phi) is 4.88. The van der Waals surface area contributed by atoms with E-state index in [1.165, 1.54) is 16.5 Å². The molecule has 1 N–H and O–H groups in total. The van der Waals surface area contributed by atoms with Gasteiger partial charge in [0, 0.05) is 11.1 Å². The number of benzene rings is 2. The average molecular weight is 315 g/mol. The molecule has 0 saturated heterocycles. The molecule has 0 radical (unpaired) electrons. The van der Waals surface area contributed by atoms with Crippen molar-refractivity contribution < 1.29 is 4.74 Å². The smallest absolute Gasteiger partial charge is 0.131 e. The van der Waals surface area contributed by atoms with E-state index in [-0.39, 0.29) is 12.4 Å². The van der Waals surface area contributed by atoms with Crippen molar-refractivity contribution in [3.05, 3.63) is 59.7 Å². The highest BCUT2D eigenvalue weighted by Crippen LogP contribution is 2.24. The molecule has 114 valence electrons. The summed E-state index contributed by atoms with van der Waals surface area (Å²) in [7, 11) is 1.67. The maximum atomic E-state index is 5.16. The lowest BCUT2D eigenvalue weighted by Crippen LogP contribution is -1.95. The maximum absolute atomic E-state index is 5.16. The summed E-state index contributed by atoms with van der Waals surface area (Å²) in [6.45, 7) is 4.21. The highest BCUT2D eigenvalue weighted by atomic mass is 35.5. The van der Waals surface area contributed by atoms with Crippen LogP contribution in [0.2, 0.25) is 0 Å². The van der Waals surface area contributed by atoms with Gasteiger partial charge in [-0.05, 0) is 61.9 Å². The van der Waals surface area contributed by atoms with Gasteiger partial charge in [-0.3, -0.25) is 0 Å². The summed E-state index contributed by atoms with van der Waals surface area (Å²) in [5.74, 6) is 1.70. The van der Waals surface area contributed by atoms with Crippen LogP contribution in [0.4, 0.5) is 11.5 Å². The number of aromatic nitrogens is 1. The molecule has 22 heavy (non-hydrogen) atoms. The van der Waals surface area contributed by atoms with Gasteiger partial charge in [0.2, 0.25) is 0 Å². The van der Waals surface area contributed by atoms with Crippen molar-refractivity contribution >= 4 is 34.8 Å². The van der Waals surface area contributed by atoms with Crippen LogP contribution in [0.1, 0.15) is 11.1 Å². The van der Waals surface area contributed by atoms with Gasteiger partial charge in [0.15, 0.2) is 0 Å². The molecule has 0 unspecified atom stereocenters. The minimum Gasteiger partial charge on any atom is -0.497 e. The van der Waals surface area contributed by atoms with Crippen LogP contribution in [0, 0.1) is 13.8 Å². The molecule has 0 amide bonds. The number of methoxy groups -OCH3 is 1. The Morgan fingerprint density at radius 1 is 0.955 bits per heavy atom. The number of halogens is 1. The monoisotopic (exact) mass is 314 g/mol. The maximum Gasteiger partial charge on any atom is 0.131 e. The fourth-order valence-electron chi connectivity index (χ4n) is 2.39. The third-order valence-corrected chi connectivity index (χ3v) is 3.53. The van der Waals surface area contributed by atoms with Crippen LogP contribution >= 0.6 is 12.4 Å². The molecule has 3 aromatic rings. The van der Waals surface area contributed by atoms with Crippen molar-refractivity contribution in [3.63, 3.8) is 0 Å². The van der Waals surface area contributed by atoms with Crippen LogP contribution in [0.5, 0.6) is 5.75 Å². The zero-order valence-corrected chi connectivity index (χ0v) is 13.7. The molecule has 3 nitrogen and oxygen atoms in total. The molecule has 1 heterocycles. The largest absolute Gasteiger partial charge is 0.497 e. The SMILES string of the molecule is COc1ccc(Nc2cc(C)c3cc(C)ccc3n2)cc1.Cl. The lowest BCUT2D eigenvalue weighted by Gasteiger charge is -2.10. The van der Waals surface area contributed by atoms with E-state index in [0.29, 0.717) is 0 Å². The van der Waals surface area contributed by atoms with Crippen molar-refractivity contribution in [2.45, 2.75) is 13.8 Å². The predicted octanol–water partition coefficient (Wildman–Crippen LogP) is 5.03. The van der Waals surface area contributed by atoms with E-state index < -0.39 is 0 Å². The summed E-state index contributed by atoms with van der Waals surface area (Å²) < 4.78 is 5.16. The Morgan fingerprint density at radius 3 is 2.36 bits per heavy atom. The molecule has 0 aliphatic rings. The summed E-state index contributed by atoms with van der Waals surface area (Å²) in [5.41, 5.74) is 4.48. The first kappa shape index (κ1) is 16.1. The van der Waals surface area contributed by atoms with E-state index in [1.807, 2.05) is 24.3 Å². The van der Waals surface area contributed by atoms with Crippen molar-refractivity contribution in [1.29, 1.82) is 0 Å². The van der Waals surface area contributed by atoms with Crippen LogP contribution in [0.25, 0.3) is 10.9 Å². The number of nitrogens with zero attached hydrogens (tertiary/aromatic N) is 1. The highest BCUT2D eigenvalue weighted by Gasteiger charge is 2.04. The first-order valence-corrected chi connectivity index (χ1v) is 6.95. The fraction of sp³-hybridized carbons (Fsp3) is 0.167. The second kappa shape index (κ2) is 6.67. The number of ether oxygens (including phenoxy) is 1. The molecule has 0 bridgehead atoms. The number of anilines is 2. The van der Waals surface area contributed by atoms with Crippen LogP contribution in [-0.4, -0.2) is 12.1 Å². The molecule has 0 fully saturated rings. The van der Waals surface area contributed by atoms with Crippen LogP contribution in [0.15, 0.2) is 48.5 Å². The third kappa shape index (κ3) is 3.31. The van der Waals surface area contributed by atoms with Gasteiger partial charge >= 0.3 is 0 Å². The molecule has 0 spiro atoms. The molecule has 2 aromatic carbocycles. The quantitative estimate of drug-likeness (QED) is 0.736. The number of rotatable bonds is 3. The molecule has 3 rings (SSSR count). The van der Waals surface area contributed by atoms with Gasteiger partial charge in [-0.1, -0.05) is 11.6 Å². The molecule has 1 aromatic heterocycles. The van der Waals surface area contributed by atoms with Gasteiger partial charge in [-0.2, -0.15) is 0 Å². The number of fused-ring (bicyclic) bond motifs is 1. The van der Waals surface area contributed by atoms with Gasteiger partial charge < -0.3 is 10.1 Å². The average Bonchev–Trinajstić information content (AvgIpc) is 2.49. The number of hydrogen-bond donors (Lipinski definition) is 1. The van der Waals surface area contributed by atoms with Crippen molar-refractivity contribution in [2.75, 3.05) is 12.4 Å². The van der Waals surface area contributed by atoms with Crippen molar-refractivity contribution in [1.82, 2.24) is 4.98 Å². The number of pyridine rings is 1. The van der Waals surface area contributed by atoms with Gasteiger partial charge in [0.05, 0.1) is 12.6 Å². The van der Waals surface area contributed by atoms with Gasteiger partial charge in [0.1, 0.15) is 11.6 Å². The van der Waals surface area contributed by atoms with E-state index in [0.717, 1.165) is 22.8 Å². The summed E-state index contributed by atoms with van der Waals surface area (Å²) in [6, 6.07) is 16.2. The molecule has 4 heteroatoms. The first-order chi connectivity index (χ1) is 10.2. The number of hydrogen-bond acceptors (Lipinski definition) is 3. The van der Waals surface area contributed by atoms with E-state index in [4.69, 9.17) is 4.74 Å². The van der Waals surface area contributed by atoms with E-state index in [2.05, 4.69) is 48.4 Å². The van der Waals surface area contributed by atoms with Crippen LogP contribution < -0.4 is 10.1 Å². The van der Waals surface area contributed by atoms with Crippen LogP contribution in [-0.2, 0) is 0 Å². The Bertz CT molecular complexity index is 785. The Hall–Kier alpha value is -2.26. The van der Waals surface area contributed by atoms with E-state index in [1.54, 1.807) is 7.11 Å². The molecule has 0 saturated carbocycles. The standard InChI is InChI=1S/C18H18N2O.ClH/c1-12-4-9-17-16(10-12)13(2)11-18(20-17)19-14-5-7-15(21-3)8-6-14;/h4-11H,1-3H3,(H,19,20);1H.